The quantitative estimate of drug-likeness (QED) is 0.720. The molecule has 0 aliphatic carbocycles. The number of methoxy groups -OCH3 is 1. The molecule has 5 heteroatoms. The first-order valence-corrected chi connectivity index (χ1v) is 5.52. The molecule has 0 unspecified atom stereocenters. The number of benzene rings is 1. The normalized spacial score (nSPS) is 10.7. The zero-order chi connectivity index (χ0) is 12.5. The molecule has 3 N–H and O–H groups in total. The Kier molecular flexibility index (Phi) is 2.37. The van der Waals surface area contributed by atoms with Gasteiger partial charge >= 0.3 is 0 Å². The standard InChI is InChI=1S/C13H12N4O/c1-18-9-3-4-10-11(6-9)17-13(16-10)8-2-5-12(14)15-7-8/h2-7H,1H3,(H2,14,15)(H,16,17). The number of hydrogen-bond acceptors (Lipinski definition) is 4. The van der Waals surface area contributed by atoms with Gasteiger partial charge in [0.15, 0.2) is 0 Å². The molecule has 1 aromatic carbocycles. The first-order valence-electron chi connectivity index (χ1n) is 5.52. The highest BCUT2D eigenvalue weighted by Crippen LogP contribution is 2.23. The van der Waals surface area contributed by atoms with Crippen molar-refractivity contribution >= 4 is 16.9 Å². The van der Waals surface area contributed by atoms with E-state index in [-0.39, 0.29) is 0 Å². The fourth-order valence-corrected chi connectivity index (χ4v) is 1.80. The third kappa shape index (κ3) is 1.75. The van der Waals surface area contributed by atoms with E-state index in [0.717, 1.165) is 28.2 Å². The molecule has 2 aromatic heterocycles. The Labute approximate surface area is 104 Å². The summed E-state index contributed by atoms with van der Waals surface area (Å²) in [5, 5.41) is 0. The summed E-state index contributed by atoms with van der Waals surface area (Å²) in [4.78, 5) is 11.8. The number of hydrogen-bond donors (Lipinski definition) is 2. The predicted octanol–water partition coefficient (Wildman–Crippen LogP) is 2.22. The van der Waals surface area contributed by atoms with Crippen LogP contribution in [0.25, 0.3) is 22.4 Å². The predicted molar refractivity (Wildman–Crippen MR) is 70.3 cm³/mol. The van der Waals surface area contributed by atoms with E-state index in [4.69, 9.17) is 10.5 Å². The Hall–Kier alpha value is -2.56. The van der Waals surface area contributed by atoms with Crippen molar-refractivity contribution in [1.29, 1.82) is 0 Å². The molecule has 0 atom stereocenters. The van der Waals surface area contributed by atoms with Crippen LogP contribution in [0, 0.1) is 0 Å². The molecule has 0 fully saturated rings. The minimum Gasteiger partial charge on any atom is -0.497 e. The fourth-order valence-electron chi connectivity index (χ4n) is 1.80. The lowest BCUT2D eigenvalue weighted by Crippen LogP contribution is -1.89. The fraction of sp³-hybridized carbons (Fsp3) is 0.0769. The van der Waals surface area contributed by atoms with Crippen molar-refractivity contribution in [2.45, 2.75) is 0 Å². The summed E-state index contributed by atoms with van der Waals surface area (Å²) < 4.78 is 5.18. The van der Waals surface area contributed by atoms with Gasteiger partial charge in [0.1, 0.15) is 17.4 Å². The number of ether oxygens (including phenoxy) is 1. The van der Waals surface area contributed by atoms with Gasteiger partial charge in [-0.05, 0) is 24.3 Å². The van der Waals surface area contributed by atoms with E-state index in [1.165, 1.54) is 0 Å². The zero-order valence-corrected chi connectivity index (χ0v) is 9.84. The highest BCUT2D eigenvalue weighted by atomic mass is 16.5. The Bertz CT molecular complexity index is 688. The van der Waals surface area contributed by atoms with Crippen molar-refractivity contribution in [2.24, 2.45) is 0 Å². The number of nitrogens with one attached hydrogen (secondary N) is 1. The number of anilines is 1. The molecule has 0 aliphatic rings. The van der Waals surface area contributed by atoms with Gasteiger partial charge in [0.2, 0.25) is 0 Å². The molecule has 0 bridgehead atoms. The van der Waals surface area contributed by atoms with Crippen molar-refractivity contribution in [3.63, 3.8) is 0 Å². The van der Waals surface area contributed by atoms with Crippen LogP contribution in [-0.2, 0) is 0 Å². The summed E-state index contributed by atoms with van der Waals surface area (Å²) in [6.45, 7) is 0. The van der Waals surface area contributed by atoms with Crippen LogP contribution in [0.5, 0.6) is 5.75 Å². The monoisotopic (exact) mass is 240 g/mol. The van der Waals surface area contributed by atoms with Gasteiger partial charge in [0, 0.05) is 17.8 Å². The minimum absolute atomic E-state index is 0.497. The molecular weight excluding hydrogens is 228 g/mol. The lowest BCUT2D eigenvalue weighted by Gasteiger charge is -1.97. The number of fused-ring (bicyclic) bond motifs is 1. The molecule has 0 saturated carbocycles. The Balaban J connectivity index is 2.10. The van der Waals surface area contributed by atoms with Crippen LogP contribution in [0.2, 0.25) is 0 Å². The number of aromatic nitrogens is 3. The van der Waals surface area contributed by atoms with Crippen molar-refractivity contribution in [2.75, 3.05) is 12.8 Å². The molecular formula is C13H12N4O. The number of nitrogens with two attached hydrogens (primary N) is 1. The number of H-pyrrole nitrogens is 1. The van der Waals surface area contributed by atoms with Crippen molar-refractivity contribution in [3.8, 4) is 17.1 Å². The average molecular weight is 240 g/mol. The van der Waals surface area contributed by atoms with Crippen LogP contribution in [0.3, 0.4) is 0 Å². The first-order chi connectivity index (χ1) is 8.76. The van der Waals surface area contributed by atoms with Crippen molar-refractivity contribution in [3.05, 3.63) is 36.5 Å². The van der Waals surface area contributed by atoms with E-state index in [1.54, 1.807) is 19.4 Å². The second kappa shape index (κ2) is 4.03. The van der Waals surface area contributed by atoms with E-state index in [9.17, 15) is 0 Å². The van der Waals surface area contributed by atoms with E-state index in [2.05, 4.69) is 15.0 Å². The Morgan fingerprint density at radius 3 is 2.83 bits per heavy atom. The third-order valence-corrected chi connectivity index (χ3v) is 2.75. The Morgan fingerprint density at radius 2 is 2.11 bits per heavy atom. The van der Waals surface area contributed by atoms with Crippen molar-refractivity contribution < 1.29 is 4.74 Å². The van der Waals surface area contributed by atoms with Gasteiger partial charge in [0.05, 0.1) is 18.1 Å². The molecule has 3 aromatic rings. The first kappa shape index (κ1) is 10.6. The molecule has 90 valence electrons. The maximum Gasteiger partial charge on any atom is 0.140 e. The van der Waals surface area contributed by atoms with Gasteiger partial charge in [0.25, 0.3) is 0 Å². The van der Waals surface area contributed by atoms with Crippen LogP contribution >= 0.6 is 0 Å². The smallest absolute Gasteiger partial charge is 0.140 e. The number of nitrogens with zero attached hydrogens (tertiary/aromatic N) is 2. The number of nitrogen functional groups attached to an aromatic ring is 1. The summed E-state index contributed by atoms with van der Waals surface area (Å²) in [7, 11) is 1.64. The molecule has 0 amide bonds. The molecule has 3 rings (SSSR count). The largest absolute Gasteiger partial charge is 0.497 e. The van der Waals surface area contributed by atoms with Crippen LogP contribution < -0.4 is 10.5 Å². The lowest BCUT2D eigenvalue weighted by atomic mass is 10.3. The number of imidazole rings is 1. The van der Waals surface area contributed by atoms with Crippen LogP contribution in [0.1, 0.15) is 0 Å². The number of pyridine rings is 1. The van der Waals surface area contributed by atoms with E-state index in [0.29, 0.717) is 5.82 Å². The molecule has 0 radical (unpaired) electrons. The topological polar surface area (TPSA) is 76.8 Å². The molecule has 0 saturated heterocycles. The zero-order valence-electron chi connectivity index (χ0n) is 9.84. The van der Waals surface area contributed by atoms with Gasteiger partial charge in [-0.1, -0.05) is 0 Å². The molecule has 0 spiro atoms. The molecule has 5 nitrogen and oxygen atoms in total. The van der Waals surface area contributed by atoms with Gasteiger partial charge in [-0.3, -0.25) is 0 Å². The van der Waals surface area contributed by atoms with Gasteiger partial charge < -0.3 is 15.5 Å². The minimum atomic E-state index is 0.497. The highest BCUT2D eigenvalue weighted by molar-refractivity contribution is 5.80. The second-order valence-corrected chi connectivity index (χ2v) is 3.94. The maximum absolute atomic E-state index is 5.56. The van der Waals surface area contributed by atoms with E-state index >= 15 is 0 Å². The third-order valence-electron chi connectivity index (χ3n) is 2.75. The van der Waals surface area contributed by atoms with E-state index < -0.39 is 0 Å². The van der Waals surface area contributed by atoms with E-state index in [1.807, 2.05) is 24.3 Å². The molecule has 2 heterocycles. The summed E-state index contributed by atoms with van der Waals surface area (Å²) in [5.74, 6) is 2.07. The van der Waals surface area contributed by atoms with Crippen LogP contribution in [0.15, 0.2) is 36.5 Å². The summed E-state index contributed by atoms with van der Waals surface area (Å²) in [6, 6.07) is 9.35. The van der Waals surface area contributed by atoms with Gasteiger partial charge in [-0.25, -0.2) is 9.97 Å². The maximum atomic E-state index is 5.56. The second-order valence-electron chi connectivity index (χ2n) is 3.94. The summed E-state index contributed by atoms with van der Waals surface area (Å²) >= 11 is 0. The van der Waals surface area contributed by atoms with Gasteiger partial charge in [-0.15, -0.1) is 0 Å². The SMILES string of the molecule is COc1ccc2nc(-c3ccc(N)nc3)[nH]c2c1. The highest BCUT2D eigenvalue weighted by Gasteiger charge is 2.06. The van der Waals surface area contributed by atoms with Crippen molar-refractivity contribution in [1.82, 2.24) is 15.0 Å². The number of aromatic amines is 1. The molecule has 0 aliphatic heterocycles. The Morgan fingerprint density at radius 1 is 1.22 bits per heavy atom. The molecule has 18 heavy (non-hydrogen) atoms. The lowest BCUT2D eigenvalue weighted by molar-refractivity contribution is 0.415. The van der Waals surface area contributed by atoms with Crippen LogP contribution in [-0.4, -0.2) is 22.1 Å². The van der Waals surface area contributed by atoms with Crippen LogP contribution in [0.4, 0.5) is 5.82 Å². The summed E-state index contributed by atoms with van der Waals surface area (Å²) in [6.07, 6.45) is 1.70. The average Bonchev–Trinajstić information content (AvgIpc) is 2.82. The number of rotatable bonds is 2. The van der Waals surface area contributed by atoms with Gasteiger partial charge in [-0.2, -0.15) is 0 Å². The summed E-state index contributed by atoms with van der Waals surface area (Å²) in [5.41, 5.74) is 8.28.